The number of nitrogens with zero attached hydrogens (tertiary/aromatic N) is 1. The average molecular weight is 236 g/mol. The van der Waals surface area contributed by atoms with Gasteiger partial charge in [-0.1, -0.05) is 0 Å². The molecule has 17 heavy (non-hydrogen) atoms. The van der Waals surface area contributed by atoms with E-state index in [1.54, 1.807) is 36.2 Å². The highest BCUT2D eigenvalue weighted by atomic mass is 16.5. The highest BCUT2D eigenvalue weighted by Gasteiger charge is 2.15. The first kappa shape index (κ1) is 13.5. The van der Waals surface area contributed by atoms with E-state index in [0.717, 1.165) is 5.75 Å². The second kappa shape index (κ2) is 6.25. The lowest BCUT2D eigenvalue weighted by atomic mass is 10.1. The summed E-state index contributed by atoms with van der Waals surface area (Å²) in [7, 11) is 1.76. The molecular formula is C13H20N2O2. The van der Waals surface area contributed by atoms with Gasteiger partial charge in [-0.2, -0.15) is 0 Å². The highest BCUT2D eigenvalue weighted by molar-refractivity contribution is 5.94. The van der Waals surface area contributed by atoms with Crippen molar-refractivity contribution < 1.29 is 9.53 Å². The largest absolute Gasteiger partial charge is 0.494 e. The van der Waals surface area contributed by atoms with Crippen LogP contribution in [-0.4, -0.2) is 37.0 Å². The van der Waals surface area contributed by atoms with Crippen molar-refractivity contribution in [2.75, 3.05) is 20.2 Å². The molecule has 0 aliphatic heterocycles. The third-order valence-corrected chi connectivity index (χ3v) is 2.73. The van der Waals surface area contributed by atoms with Gasteiger partial charge in [-0.3, -0.25) is 4.79 Å². The number of rotatable bonds is 5. The van der Waals surface area contributed by atoms with Crippen LogP contribution in [0.1, 0.15) is 24.2 Å². The molecule has 2 N–H and O–H groups in total. The topological polar surface area (TPSA) is 55.6 Å². The van der Waals surface area contributed by atoms with E-state index in [2.05, 4.69) is 0 Å². The first-order valence-electron chi connectivity index (χ1n) is 5.80. The number of benzene rings is 1. The number of ether oxygens (including phenoxy) is 1. The van der Waals surface area contributed by atoms with Crippen LogP contribution in [0.25, 0.3) is 0 Å². The minimum atomic E-state index is -0.0222. The van der Waals surface area contributed by atoms with Gasteiger partial charge in [-0.15, -0.1) is 0 Å². The summed E-state index contributed by atoms with van der Waals surface area (Å²) in [5.74, 6) is 0.754. The van der Waals surface area contributed by atoms with Crippen molar-refractivity contribution in [2.45, 2.75) is 19.9 Å². The predicted octanol–water partition coefficient (Wildman–Crippen LogP) is 1.50. The molecule has 1 rings (SSSR count). The Hall–Kier alpha value is -1.55. The zero-order valence-corrected chi connectivity index (χ0v) is 10.6. The van der Waals surface area contributed by atoms with Crippen LogP contribution in [0.4, 0.5) is 0 Å². The summed E-state index contributed by atoms with van der Waals surface area (Å²) in [6.07, 6.45) is 0. The van der Waals surface area contributed by atoms with Gasteiger partial charge in [0.05, 0.1) is 6.61 Å². The van der Waals surface area contributed by atoms with Crippen LogP contribution < -0.4 is 10.5 Å². The van der Waals surface area contributed by atoms with E-state index in [-0.39, 0.29) is 11.9 Å². The Morgan fingerprint density at radius 1 is 1.41 bits per heavy atom. The standard InChI is InChI=1S/C13H20N2O2/c1-4-17-12-7-5-11(6-8-12)13(16)15(3)10(2)9-14/h5-8,10H,4,9,14H2,1-3H3. The van der Waals surface area contributed by atoms with Crippen LogP contribution >= 0.6 is 0 Å². The smallest absolute Gasteiger partial charge is 0.253 e. The lowest BCUT2D eigenvalue weighted by molar-refractivity contribution is 0.0748. The van der Waals surface area contributed by atoms with Crippen LogP contribution in [0.2, 0.25) is 0 Å². The van der Waals surface area contributed by atoms with Crippen molar-refractivity contribution in [3.8, 4) is 5.75 Å². The maximum Gasteiger partial charge on any atom is 0.253 e. The summed E-state index contributed by atoms with van der Waals surface area (Å²) in [5.41, 5.74) is 6.19. The fraction of sp³-hybridized carbons (Fsp3) is 0.462. The molecule has 1 unspecified atom stereocenters. The van der Waals surface area contributed by atoms with Crippen LogP contribution in [0.5, 0.6) is 5.75 Å². The van der Waals surface area contributed by atoms with Gasteiger partial charge in [0.15, 0.2) is 0 Å². The second-order valence-electron chi connectivity index (χ2n) is 3.96. The maximum absolute atomic E-state index is 12.0. The molecule has 1 atom stereocenters. The molecule has 1 amide bonds. The summed E-state index contributed by atoms with van der Waals surface area (Å²) in [5, 5.41) is 0. The molecule has 0 aliphatic rings. The molecule has 1 aromatic rings. The summed E-state index contributed by atoms with van der Waals surface area (Å²) >= 11 is 0. The molecule has 0 aliphatic carbocycles. The Kier molecular flexibility index (Phi) is 4.97. The van der Waals surface area contributed by atoms with Gasteiger partial charge in [-0.25, -0.2) is 0 Å². The number of carbonyl (C=O) groups excluding carboxylic acids is 1. The summed E-state index contributed by atoms with van der Waals surface area (Å²) in [6.45, 7) is 4.93. The molecular weight excluding hydrogens is 216 g/mol. The molecule has 1 aromatic carbocycles. The summed E-state index contributed by atoms with van der Waals surface area (Å²) in [4.78, 5) is 13.7. The van der Waals surface area contributed by atoms with Gasteiger partial charge >= 0.3 is 0 Å². The monoisotopic (exact) mass is 236 g/mol. The molecule has 4 nitrogen and oxygen atoms in total. The fourth-order valence-electron chi connectivity index (χ4n) is 1.42. The van der Waals surface area contributed by atoms with Crippen molar-refractivity contribution in [3.63, 3.8) is 0 Å². The first-order valence-corrected chi connectivity index (χ1v) is 5.80. The highest BCUT2D eigenvalue weighted by Crippen LogP contribution is 2.14. The third kappa shape index (κ3) is 3.46. The van der Waals surface area contributed by atoms with E-state index in [0.29, 0.717) is 18.7 Å². The molecule has 0 aromatic heterocycles. The fourth-order valence-corrected chi connectivity index (χ4v) is 1.42. The zero-order chi connectivity index (χ0) is 12.8. The SMILES string of the molecule is CCOc1ccc(C(=O)N(C)C(C)CN)cc1. The molecule has 94 valence electrons. The molecule has 0 saturated carbocycles. The quantitative estimate of drug-likeness (QED) is 0.843. The van der Waals surface area contributed by atoms with E-state index in [9.17, 15) is 4.79 Å². The summed E-state index contributed by atoms with van der Waals surface area (Å²) in [6, 6.07) is 7.18. The number of amides is 1. The zero-order valence-electron chi connectivity index (χ0n) is 10.6. The number of hydrogen-bond donors (Lipinski definition) is 1. The minimum Gasteiger partial charge on any atom is -0.494 e. The van der Waals surface area contributed by atoms with E-state index < -0.39 is 0 Å². The summed E-state index contributed by atoms with van der Waals surface area (Å²) < 4.78 is 5.32. The van der Waals surface area contributed by atoms with E-state index in [4.69, 9.17) is 10.5 Å². The number of hydrogen-bond acceptors (Lipinski definition) is 3. The van der Waals surface area contributed by atoms with Crippen molar-refractivity contribution >= 4 is 5.91 Å². The molecule has 0 fully saturated rings. The van der Waals surface area contributed by atoms with E-state index in [1.165, 1.54) is 0 Å². The third-order valence-electron chi connectivity index (χ3n) is 2.73. The minimum absolute atomic E-state index is 0.0222. The molecule has 4 heteroatoms. The number of carbonyl (C=O) groups is 1. The predicted molar refractivity (Wildman–Crippen MR) is 68.2 cm³/mol. The molecule has 0 saturated heterocycles. The number of nitrogens with two attached hydrogens (primary N) is 1. The molecule has 0 radical (unpaired) electrons. The van der Waals surface area contributed by atoms with Gasteiger partial charge in [0.2, 0.25) is 0 Å². The average Bonchev–Trinajstić information content (AvgIpc) is 2.37. The van der Waals surface area contributed by atoms with Gasteiger partial charge in [-0.05, 0) is 38.1 Å². The van der Waals surface area contributed by atoms with Crippen molar-refractivity contribution in [3.05, 3.63) is 29.8 Å². The lowest BCUT2D eigenvalue weighted by Gasteiger charge is -2.23. The Labute approximate surface area is 102 Å². The Bertz CT molecular complexity index is 362. The molecule has 0 spiro atoms. The van der Waals surface area contributed by atoms with Crippen LogP contribution in [0.15, 0.2) is 24.3 Å². The molecule has 0 heterocycles. The normalized spacial score (nSPS) is 12.0. The molecule has 0 bridgehead atoms. The first-order chi connectivity index (χ1) is 8.10. The van der Waals surface area contributed by atoms with Crippen LogP contribution in [0, 0.1) is 0 Å². The van der Waals surface area contributed by atoms with E-state index >= 15 is 0 Å². The van der Waals surface area contributed by atoms with Crippen molar-refractivity contribution in [2.24, 2.45) is 5.73 Å². The van der Waals surface area contributed by atoms with Gasteiger partial charge in [0, 0.05) is 25.2 Å². The van der Waals surface area contributed by atoms with Crippen LogP contribution in [-0.2, 0) is 0 Å². The van der Waals surface area contributed by atoms with Gasteiger partial charge < -0.3 is 15.4 Å². The van der Waals surface area contributed by atoms with E-state index in [1.807, 2.05) is 13.8 Å². The number of likely N-dealkylation sites (N-methyl/N-ethyl adjacent to an activating group) is 1. The Balaban J connectivity index is 2.75. The van der Waals surface area contributed by atoms with Gasteiger partial charge in [0.1, 0.15) is 5.75 Å². The second-order valence-corrected chi connectivity index (χ2v) is 3.96. The van der Waals surface area contributed by atoms with Crippen molar-refractivity contribution in [1.82, 2.24) is 4.90 Å². The Morgan fingerprint density at radius 2 is 2.00 bits per heavy atom. The Morgan fingerprint density at radius 3 is 2.47 bits per heavy atom. The van der Waals surface area contributed by atoms with Gasteiger partial charge in [0.25, 0.3) is 5.91 Å². The lowest BCUT2D eigenvalue weighted by Crippen LogP contribution is -2.39. The van der Waals surface area contributed by atoms with Crippen molar-refractivity contribution in [1.29, 1.82) is 0 Å². The maximum atomic E-state index is 12.0. The van der Waals surface area contributed by atoms with Crippen LogP contribution in [0.3, 0.4) is 0 Å².